The Morgan fingerprint density at radius 3 is 2.65 bits per heavy atom. The second kappa shape index (κ2) is 8.73. The zero-order valence-electron chi connectivity index (χ0n) is 16.7. The van der Waals surface area contributed by atoms with Crippen LogP contribution in [-0.2, 0) is 9.53 Å². The van der Waals surface area contributed by atoms with Crippen LogP contribution in [0.1, 0.15) is 56.5 Å². The summed E-state index contributed by atoms with van der Waals surface area (Å²) in [4.78, 5) is 60.2. The lowest BCUT2D eigenvalue weighted by Gasteiger charge is -2.13. The Balaban J connectivity index is 1.59. The van der Waals surface area contributed by atoms with E-state index in [0.29, 0.717) is 0 Å². The first-order valence-corrected chi connectivity index (χ1v) is 9.32. The summed E-state index contributed by atoms with van der Waals surface area (Å²) >= 11 is 0. The Labute approximate surface area is 175 Å². The molecule has 1 aliphatic heterocycles. The molecule has 0 aliphatic carbocycles. The predicted octanol–water partition coefficient (Wildman–Crippen LogP) is 2.08. The SMILES string of the molecule is CCOC(=O)c1c(C)noc1NC(=O)CCCN1C(=O)c2ccc([N+](=O)[O-])cc2C1=O. The highest BCUT2D eigenvalue weighted by atomic mass is 16.6. The molecule has 3 rings (SSSR count). The third-order valence-corrected chi connectivity index (χ3v) is 4.55. The van der Waals surface area contributed by atoms with Gasteiger partial charge in [0.15, 0.2) is 0 Å². The number of fused-ring (bicyclic) bond motifs is 1. The van der Waals surface area contributed by atoms with Crippen molar-refractivity contribution in [2.45, 2.75) is 26.7 Å². The minimum Gasteiger partial charge on any atom is -0.462 e. The fourth-order valence-corrected chi connectivity index (χ4v) is 3.08. The number of nitro groups is 1. The number of nitro benzene ring substituents is 1. The van der Waals surface area contributed by atoms with E-state index in [1.165, 1.54) is 13.0 Å². The van der Waals surface area contributed by atoms with E-state index in [9.17, 15) is 29.3 Å². The highest BCUT2D eigenvalue weighted by Gasteiger charge is 2.36. The summed E-state index contributed by atoms with van der Waals surface area (Å²) in [5, 5.41) is 16.9. The quantitative estimate of drug-likeness (QED) is 0.286. The van der Waals surface area contributed by atoms with Gasteiger partial charge in [0.25, 0.3) is 17.5 Å². The number of aryl methyl sites for hydroxylation is 1. The van der Waals surface area contributed by atoms with E-state index in [1.807, 2.05) is 0 Å². The van der Waals surface area contributed by atoms with Crippen molar-refractivity contribution in [1.29, 1.82) is 0 Å². The molecule has 1 aromatic carbocycles. The molecular weight excluding hydrogens is 412 g/mol. The van der Waals surface area contributed by atoms with Crippen molar-refractivity contribution in [2.75, 3.05) is 18.5 Å². The number of benzene rings is 1. The van der Waals surface area contributed by atoms with Gasteiger partial charge in [-0.1, -0.05) is 5.16 Å². The summed E-state index contributed by atoms with van der Waals surface area (Å²) in [5.74, 6) is -2.58. The molecule has 2 heterocycles. The largest absolute Gasteiger partial charge is 0.462 e. The summed E-state index contributed by atoms with van der Waals surface area (Å²) in [6, 6.07) is 3.45. The molecule has 0 saturated heterocycles. The van der Waals surface area contributed by atoms with Crippen molar-refractivity contribution in [3.63, 3.8) is 0 Å². The molecule has 0 unspecified atom stereocenters. The lowest BCUT2D eigenvalue weighted by molar-refractivity contribution is -0.384. The smallest absolute Gasteiger partial charge is 0.345 e. The molecule has 12 nitrogen and oxygen atoms in total. The second-order valence-electron chi connectivity index (χ2n) is 6.59. The standard InChI is InChI=1S/C19H18N4O8/c1-3-30-19(27)15-10(2)21-31-16(15)20-14(24)5-4-8-22-17(25)12-7-6-11(23(28)29)9-13(12)18(22)26/h6-7,9H,3-5,8H2,1-2H3,(H,20,24). The zero-order valence-corrected chi connectivity index (χ0v) is 16.7. The number of hydrogen-bond acceptors (Lipinski definition) is 9. The van der Waals surface area contributed by atoms with Gasteiger partial charge in [-0.05, 0) is 26.3 Å². The number of ether oxygens (including phenoxy) is 1. The number of non-ortho nitro benzene ring substituents is 1. The molecule has 0 radical (unpaired) electrons. The molecule has 1 N–H and O–H groups in total. The van der Waals surface area contributed by atoms with Crippen LogP contribution in [0.5, 0.6) is 0 Å². The normalized spacial score (nSPS) is 12.6. The number of amides is 3. The maximum atomic E-state index is 12.4. The van der Waals surface area contributed by atoms with E-state index in [0.717, 1.165) is 17.0 Å². The molecular formula is C19H18N4O8. The van der Waals surface area contributed by atoms with E-state index < -0.39 is 28.6 Å². The lowest BCUT2D eigenvalue weighted by Crippen LogP contribution is -2.31. The van der Waals surface area contributed by atoms with Gasteiger partial charge in [-0.2, -0.15) is 0 Å². The number of carbonyl (C=O) groups is 4. The van der Waals surface area contributed by atoms with E-state index in [1.54, 1.807) is 6.92 Å². The Kier molecular flexibility index (Phi) is 6.09. The molecule has 0 fully saturated rings. The van der Waals surface area contributed by atoms with E-state index in [4.69, 9.17) is 9.26 Å². The van der Waals surface area contributed by atoms with Crippen molar-refractivity contribution in [1.82, 2.24) is 10.1 Å². The first-order chi connectivity index (χ1) is 14.7. The zero-order chi connectivity index (χ0) is 22.7. The second-order valence-corrected chi connectivity index (χ2v) is 6.59. The summed E-state index contributed by atoms with van der Waals surface area (Å²) in [7, 11) is 0. The fraction of sp³-hybridized carbons (Fsp3) is 0.316. The van der Waals surface area contributed by atoms with Crippen LogP contribution in [0.15, 0.2) is 22.7 Å². The van der Waals surface area contributed by atoms with E-state index >= 15 is 0 Å². The first-order valence-electron chi connectivity index (χ1n) is 9.32. The number of hydrogen-bond donors (Lipinski definition) is 1. The van der Waals surface area contributed by atoms with Gasteiger partial charge in [-0.15, -0.1) is 0 Å². The summed E-state index contributed by atoms with van der Waals surface area (Å²) in [6.45, 7) is 3.24. The van der Waals surface area contributed by atoms with Gasteiger partial charge in [-0.3, -0.25) is 34.7 Å². The average molecular weight is 430 g/mol. The predicted molar refractivity (Wildman–Crippen MR) is 104 cm³/mol. The molecule has 1 aliphatic rings. The van der Waals surface area contributed by atoms with Crippen molar-refractivity contribution in [3.05, 3.63) is 50.7 Å². The third-order valence-electron chi connectivity index (χ3n) is 4.55. The van der Waals surface area contributed by atoms with Crippen molar-refractivity contribution in [2.24, 2.45) is 0 Å². The Morgan fingerprint density at radius 2 is 1.97 bits per heavy atom. The summed E-state index contributed by atoms with van der Waals surface area (Å²) in [5.41, 5.74) is 0.0167. The van der Waals surface area contributed by atoms with Gasteiger partial charge < -0.3 is 9.26 Å². The van der Waals surface area contributed by atoms with Crippen molar-refractivity contribution in [3.8, 4) is 0 Å². The number of nitrogens with zero attached hydrogens (tertiary/aromatic N) is 3. The van der Waals surface area contributed by atoms with Gasteiger partial charge in [0.2, 0.25) is 11.8 Å². The topological polar surface area (TPSA) is 162 Å². The average Bonchev–Trinajstić information content (AvgIpc) is 3.20. The van der Waals surface area contributed by atoms with Gasteiger partial charge in [-0.25, -0.2) is 4.79 Å². The van der Waals surface area contributed by atoms with E-state index in [2.05, 4.69) is 10.5 Å². The van der Waals surface area contributed by atoms with Gasteiger partial charge in [0.05, 0.1) is 28.4 Å². The molecule has 0 spiro atoms. The Bertz CT molecular complexity index is 1090. The molecule has 0 bridgehead atoms. The van der Waals surface area contributed by atoms with Crippen LogP contribution >= 0.6 is 0 Å². The fourth-order valence-electron chi connectivity index (χ4n) is 3.08. The highest BCUT2D eigenvalue weighted by Crippen LogP contribution is 2.27. The van der Waals surface area contributed by atoms with Crippen LogP contribution in [-0.4, -0.2) is 51.8 Å². The van der Waals surface area contributed by atoms with Crippen LogP contribution in [0.2, 0.25) is 0 Å². The monoisotopic (exact) mass is 430 g/mol. The highest BCUT2D eigenvalue weighted by molar-refractivity contribution is 6.21. The third kappa shape index (κ3) is 4.27. The van der Waals surface area contributed by atoms with Crippen LogP contribution in [0.4, 0.5) is 11.6 Å². The number of aromatic nitrogens is 1. The molecule has 0 saturated carbocycles. The molecule has 3 amide bonds. The summed E-state index contributed by atoms with van der Waals surface area (Å²) in [6.07, 6.45) is 0.0385. The van der Waals surface area contributed by atoms with Gasteiger partial charge in [0.1, 0.15) is 5.56 Å². The number of carbonyl (C=O) groups excluding carboxylic acids is 4. The maximum absolute atomic E-state index is 12.4. The van der Waals surface area contributed by atoms with Crippen LogP contribution in [0.3, 0.4) is 0 Å². The number of rotatable bonds is 8. The minimum atomic E-state index is -0.684. The first kappa shape index (κ1) is 21.6. The number of esters is 1. The number of nitrogens with one attached hydrogen (secondary N) is 1. The van der Waals surface area contributed by atoms with Crippen LogP contribution in [0, 0.1) is 17.0 Å². The Hall–Kier alpha value is -4.09. The van der Waals surface area contributed by atoms with Crippen molar-refractivity contribution >= 4 is 35.3 Å². The molecule has 162 valence electrons. The number of anilines is 1. The van der Waals surface area contributed by atoms with Gasteiger partial charge in [0, 0.05) is 25.1 Å². The van der Waals surface area contributed by atoms with Crippen molar-refractivity contribution < 1.29 is 33.4 Å². The van der Waals surface area contributed by atoms with Crippen LogP contribution in [0.25, 0.3) is 0 Å². The molecule has 2 aromatic rings. The molecule has 0 atom stereocenters. The minimum absolute atomic E-state index is 0.0112. The maximum Gasteiger partial charge on any atom is 0.345 e. The lowest BCUT2D eigenvalue weighted by atomic mass is 10.1. The molecule has 12 heteroatoms. The molecule has 1 aromatic heterocycles. The molecule has 31 heavy (non-hydrogen) atoms. The van der Waals surface area contributed by atoms with Crippen LogP contribution < -0.4 is 5.32 Å². The number of imide groups is 1. The Morgan fingerprint density at radius 1 is 1.26 bits per heavy atom. The van der Waals surface area contributed by atoms with E-state index in [-0.39, 0.29) is 59.9 Å². The van der Waals surface area contributed by atoms with Gasteiger partial charge >= 0.3 is 5.97 Å². The summed E-state index contributed by atoms with van der Waals surface area (Å²) < 4.78 is 9.87.